The fraction of sp³-hybridized carbons (Fsp3) is 0.111. The molecule has 0 saturated carbocycles. The quantitative estimate of drug-likeness (QED) is 0.561. The van der Waals surface area contributed by atoms with E-state index in [4.69, 9.17) is 0 Å². The number of aryl methyl sites for hydroxylation is 1. The summed E-state index contributed by atoms with van der Waals surface area (Å²) in [6.45, 7) is 2.10. The monoisotopic (exact) mass is 309 g/mol. The molecule has 0 aliphatic rings. The molecule has 0 radical (unpaired) electrons. The van der Waals surface area contributed by atoms with Crippen LogP contribution in [0.5, 0.6) is 0 Å². The van der Waals surface area contributed by atoms with Gasteiger partial charge in [-0.2, -0.15) is 5.10 Å². The number of rotatable bonds is 4. The number of amides is 1. The molecule has 0 aliphatic heterocycles. The summed E-state index contributed by atoms with van der Waals surface area (Å²) in [6, 6.07) is 11.8. The SMILES string of the molecule is CCc1cccc2c(/C=N/NC(=O)c3ccccc3F)c[nH]c12. The number of halogens is 1. The molecule has 2 aromatic carbocycles. The van der Waals surface area contributed by atoms with E-state index in [2.05, 4.69) is 28.5 Å². The molecule has 2 N–H and O–H groups in total. The number of nitrogens with one attached hydrogen (secondary N) is 2. The van der Waals surface area contributed by atoms with Gasteiger partial charge in [0.2, 0.25) is 0 Å². The zero-order valence-corrected chi connectivity index (χ0v) is 12.6. The van der Waals surface area contributed by atoms with Crippen molar-refractivity contribution in [3.05, 3.63) is 71.2 Å². The van der Waals surface area contributed by atoms with Crippen LogP contribution in [0.15, 0.2) is 53.8 Å². The largest absolute Gasteiger partial charge is 0.360 e. The highest BCUT2D eigenvalue weighted by atomic mass is 19.1. The first-order valence-electron chi connectivity index (χ1n) is 7.37. The van der Waals surface area contributed by atoms with Gasteiger partial charge in [0.25, 0.3) is 5.91 Å². The Morgan fingerprint density at radius 2 is 2.09 bits per heavy atom. The van der Waals surface area contributed by atoms with Crippen LogP contribution < -0.4 is 5.43 Å². The van der Waals surface area contributed by atoms with Crippen LogP contribution in [0.2, 0.25) is 0 Å². The number of hydrazone groups is 1. The highest BCUT2D eigenvalue weighted by molar-refractivity contribution is 6.01. The van der Waals surface area contributed by atoms with E-state index in [1.807, 2.05) is 18.3 Å². The fourth-order valence-electron chi connectivity index (χ4n) is 2.51. The highest BCUT2D eigenvalue weighted by Crippen LogP contribution is 2.20. The van der Waals surface area contributed by atoms with E-state index in [0.29, 0.717) is 0 Å². The van der Waals surface area contributed by atoms with Gasteiger partial charge in [0.15, 0.2) is 0 Å². The first-order chi connectivity index (χ1) is 11.2. The summed E-state index contributed by atoms with van der Waals surface area (Å²) in [4.78, 5) is 15.1. The third kappa shape index (κ3) is 2.99. The van der Waals surface area contributed by atoms with E-state index in [0.717, 1.165) is 22.9 Å². The summed E-state index contributed by atoms with van der Waals surface area (Å²) in [7, 11) is 0. The number of H-pyrrole nitrogens is 1. The highest BCUT2D eigenvalue weighted by Gasteiger charge is 2.09. The molecule has 0 bridgehead atoms. The lowest BCUT2D eigenvalue weighted by atomic mass is 10.1. The number of carbonyl (C=O) groups is 1. The lowest BCUT2D eigenvalue weighted by molar-refractivity contribution is 0.0951. The number of nitrogens with zero attached hydrogens (tertiary/aromatic N) is 1. The zero-order chi connectivity index (χ0) is 16.2. The first kappa shape index (κ1) is 15.0. The fourth-order valence-corrected chi connectivity index (χ4v) is 2.51. The third-order valence-electron chi connectivity index (χ3n) is 3.70. The van der Waals surface area contributed by atoms with E-state index >= 15 is 0 Å². The normalized spacial score (nSPS) is 11.2. The molecule has 1 aromatic heterocycles. The summed E-state index contributed by atoms with van der Waals surface area (Å²) in [5.74, 6) is -1.15. The summed E-state index contributed by atoms with van der Waals surface area (Å²) in [5, 5.41) is 4.96. The lowest BCUT2D eigenvalue weighted by Gasteiger charge is -2.01. The van der Waals surface area contributed by atoms with Crippen molar-refractivity contribution in [2.75, 3.05) is 0 Å². The van der Waals surface area contributed by atoms with Crippen LogP contribution in [0.4, 0.5) is 4.39 Å². The van der Waals surface area contributed by atoms with Gasteiger partial charge in [-0.05, 0) is 24.1 Å². The lowest BCUT2D eigenvalue weighted by Crippen LogP contribution is -2.18. The number of aromatic amines is 1. The van der Waals surface area contributed by atoms with Gasteiger partial charge in [-0.15, -0.1) is 0 Å². The average Bonchev–Trinajstić information content (AvgIpc) is 2.98. The van der Waals surface area contributed by atoms with Crippen molar-refractivity contribution in [1.82, 2.24) is 10.4 Å². The Morgan fingerprint density at radius 3 is 2.87 bits per heavy atom. The number of para-hydroxylation sites is 1. The Bertz CT molecular complexity index is 883. The second kappa shape index (κ2) is 6.44. The van der Waals surface area contributed by atoms with Gasteiger partial charge in [0.1, 0.15) is 5.82 Å². The number of hydrogen-bond donors (Lipinski definition) is 2. The van der Waals surface area contributed by atoms with Gasteiger partial charge in [0, 0.05) is 22.7 Å². The van der Waals surface area contributed by atoms with Gasteiger partial charge >= 0.3 is 0 Å². The molecule has 0 aliphatic carbocycles. The summed E-state index contributed by atoms with van der Waals surface area (Å²) < 4.78 is 13.5. The van der Waals surface area contributed by atoms with Gasteiger partial charge in [0.05, 0.1) is 11.8 Å². The first-order valence-corrected chi connectivity index (χ1v) is 7.37. The van der Waals surface area contributed by atoms with E-state index in [9.17, 15) is 9.18 Å². The molecule has 0 fully saturated rings. The Labute approximate surface area is 133 Å². The molecule has 3 aromatic rings. The Kier molecular flexibility index (Phi) is 4.19. The molecule has 23 heavy (non-hydrogen) atoms. The minimum atomic E-state index is -0.576. The van der Waals surface area contributed by atoms with Crippen LogP contribution in [-0.4, -0.2) is 17.1 Å². The second-order valence-corrected chi connectivity index (χ2v) is 5.12. The molecular weight excluding hydrogens is 293 g/mol. The van der Waals surface area contributed by atoms with Gasteiger partial charge in [-0.1, -0.05) is 37.3 Å². The van der Waals surface area contributed by atoms with Crippen LogP contribution in [0.3, 0.4) is 0 Å². The molecule has 3 rings (SSSR count). The molecule has 1 heterocycles. The molecule has 4 nitrogen and oxygen atoms in total. The molecule has 1 amide bonds. The van der Waals surface area contributed by atoms with Crippen molar-refractivity contribution >= 4 is 23.0 Å². The van der Waals surface area contributed by atoms with E-state index in [-0.39, 0.29) is 5.56 Å². The van der Waals surface area contributed by atoms with E-state index < -0.39 is 11.7 Å². The maximum Gasteiger partial charge on any atom is 0.274 e. The maximum absolute atomic E-state index is 13.5. The van der Waals surface area contributed by atoms with E-state index in [1.54, 1.807) is 12.3 Å². The number of carbonyl (C=O) groups excluding carboxylic acids is 1. The second-order valence-electron chi connectivity index (χ2n) is 5.12. The molecule has 0 spiro atoms. The van der Waals surface area contributed by atoms with Crippen molar-refractivity contribution in [1.29, 1.82) is 0 Å². The Balaban J connectivity index is 1.79. The topological polar surface area (TPSA) is 57.2 Å². The Hall–Kier alpha value is -2.95. The zero-order valence-electron chi connectivity index (χ0n) is 12.6. The number of benzene rings is 2. The van der Waals surface area contributed by atoms with Crippen LogP contribution >= 0.6 is 0 Å². The smallest absolute Gasteiger partial charge is 0.274 e. The standard InChI is InChI=1S/C18H16FN3O/c1-2-12-6-5-8-14-13(10-20-17(12)14)11-21-22-18(23)15-7-3-4-9-16(15)19/h3-11,20H,2H2,1H3,(H,22,23)/b21-11+. The summed E-state index contributed by atoms with van der Waals surface area (Å²) in [5.41, 5.74) is 5.47. The maximum atomic E-state index is 13.5. The van der Waals surface area contributed by atoms with Crippen LogP contribution in [-0.2, 0) is 6.42 Å². The molecule has 0 unspecified atom stereocenters. The molecule has 5 heteroatoms. The molecular formula is C18H16FN3O. The predicted molar refractivity (Wildman–Crippen MR) is 89.1 cm³/mol. The molecule has 0 saturated heterocycles. The number of fused-ring (bicyclic) bond motifs is 1. The third-order valence-corrected chi connectivity index (χ3v) is 3.70. The number of hydrogen-bond acceptors (Lipinski definition) is 2. The van der Waals surface area contributed by atoms with Crippen molar-refractivity contribution in [2.45, 2.75) is 13.3 Å². The average molecular weight is 309 g/mol. The van der Waals surface area contributed by atoms with Crippen LogP contribution in [0.25, 0.3) is 10.9 Å². The number of aromatic nitrogens is 1. The van der Waals surface area contributed by atoms with Gasteiger partial charge < -0.3 is 4.98 Å². The van der Waals surface area contributed by atoms with Crippen molar-refractivity contribution in [3.63, 3.8) is 0 Å². The summed E-state index contributed by atoms with van der Waals surface area (Å²) >= 11 is 0. The van der Waals surface area contributed by atoms with Crippen LogP contribution in [0, 0.1) is 5.82 Å². The Morgan fingerprint density at radius 1 is 1.26 bits per heavy atom. The van der Waals surface area contributed by atoms with Crippen molar-refractivity contribution in [3.8, 4) is 0 Å². The minimum Gasteiger partial charge on any atom is -0.360 e. The van der Waals surface area contributed by atoms with Crippen molar-refractivity contribution < 1.29 is 9.18 Å². The minimum absolute atomic E-state index is 0.0307. The van der Waals surface area contributed by atoms with Gasteiger partial charge in [-0.25, -0.2) is 9.82 Å². The van der Waals surface area contributed by atoms with Gasteiger partial charge in [-0.3, -0.25) is 4.79 Å². The molecule has 116 valence electrons. The predicted octanol–water partition coefficient (Wildman–Crippen LogP) is 3.63. The molecule has 0 atom stereocenters. The van der Waals surface area contributed by atoms with Crippen molar-refractivity contribution in [2.24, 2.45) is 5.10 Å². The van der Waals surface area contributed by atoms with E-state index in [1.165, 1.54) is 23.8 Å². The van der Waals surface area contributed by atoms with Crippen LogP contribution in [0.1, 0.15) is 28.4 Å². The summed E-state index contributed by atoms with van der Waals surface area (Å²) in [6.07, 6.45) is 4.32.